The molecule has 0 spiro atoms. The zero-order chi connectivity index (χ0) is 16.1. The maximum absolute atomic E-state index is 12.2. The highest BCUT2D eigenvalue weighted by molar-refractivity contribution is 6.35. The lowest BCUT2D eigenvalue weighted by atomic mass is 9.95. The molecule has 0 aromatic heterocycles. The van der Waals surface area contributed by atoms with Crippen LogP contribution in [0.3, 0.4) is 0 Å². The molecule has 1 aliphatic heterocycles. The van der Waals surface area contributed by atoms with Crippen LogP contribution >= 0.6 is 11.6 Å². The van der Waals surface area contributed by atoms with Crippen molar-refractivity contribution >= 4 is 23.4 Å². The first-order chi connectivity index (χ1) is 10.6. The maximum atomic E-state index is 12.2. The smallest absolute Gasteiger partial charge is 0.432 e. The fourth-order valence-electron chi connectivity index (χ4n) is 2.40. The van der Waals surface area contributed by atoms with Crippen LogP contribution in [0.15, 0.2) is 35.4 Å². The van der Waals surface area contributed by atoms with Crippen LogP contribution in [0.5, 0.6) is 0 Å². The van der Waals surface area contributed by atoms with Gasteiger partial charge in [-0.3, -0.25) is 0 Å². The van der Waals surface area contributed by atoms with E-state index >= 15 is 0 Å². The molecule has 0 saturated heterocycles. The van der Waals surface area contributed by atoms with E-state index in [2.05, 4.69) is 5.10 Å². The minimum atomic E-state index is -0.529. The quantitative estimate of drug-likeness (QED) is 0.797. The summed E-state index contributed by atoms with van der Waals surface area (Å²) in [6.07, 6.45) is -1.05. The minimum Gasteiger partial charge on any atom is -0.448 e. The Morgan fingerprint density at radius 3 is 2.55 bits per heavy atom. The average molecular weight is 325 g/mol. The first-order valence-corrected chi connectivity index (χ1v) is 7.89. The Balaban J connectivity index is 2.40. The number of halogens is 1. The summed E-state index contributed by atoms with van der Waals surface area (Å²) in [5, 5.41) is 5.34. The predicted molar refractivity (Wildman–Crippen MR) is 86.1 cm³/mol. The number of amides is 1. The van der Waals surface area contributed by atoms with Gasteiger partial charge in [0.1, 0.15) is 0 Å². The second kappa shape index (κ2) is 7.61. The van der Waals surface area contributed by atoms with Gasteiger partial charge in [0.15, 0.2) is 6.23 Å². The molecule has 0 saturated carbocycles. The second-order valence-corrected chi connectivity index (χ2v) is 5.47. The highest BCUT2D eigenvalue weighted by Crippen LogP contribution is 2.30. The molecule has 1 aromatic carbocycles. The summed E-state index contributed by atoms with van der Waals surface area (Å²) in [5.41, 5.74) is 1.54. The molecule has 0 fully saturated rings. The molecule has 120 valence electrons. The van der Waals surface area contributed by atoms with Gasteiger partial charge >= 0.3 is 6.09 Å². The summed E-state index contributed by atoms with van der Waals surface area (Å²) < 4.78 is 10.7. The Morgan fingerprint density at radius 2 is 1.95 bits per heavy atom. The van der Waals surface area contributed by atoms with Crippen molar-refractivity contribution < 1.29 is 14.3 Å². The Labute approximate surface area is 135 Å². The molecule has 0 aliphatic carbocycles. The number of nitrogens with zero attached hydrogens (tertiary/aromatic N) is 2. The van der Waals surface area contributed by atoms with Crippen LogP contribution in [-0.2, 0) is 9.47 Å². The Kier molecular flexibility index (Phi) is 5.80. The lowest BCUT2D eigenvalue weighted by molar-refractivity contribution is -0.0800. The van der Waals surface area contributed by atoms with E-state index in [4.69, 9.17) is 21.1 Å². The molecule has 1 heterocycles. The zero-order valence-corrected chi connectivity index (χ0v) is 13.8. The number of hydrogen-bond acceptors (Lipinski definition) is 4. The number of ether oxygens (including phenoxy) is 2. The van der Waals surface area contributed by atoms with E-state index in [1.165, 1.54) is 5.01 Å². The number of alkyl halides is 1. The molecule has 1 amide bonds. The van der Waals surface area contributed by atoms with E-state index in [9.17, 15) is 4.79 Å². The largest absolute Gasteiger partial charge is 0.448 e. The van der Waals surface area contributed by atoms with Gasteiger partial charge in [-0.2, -0.15) is 10.1 Å². The lowest BCUT2D eigenvalue weighted by Gasteiger charge is -2.38. The van der Waals surface area contributed by atoms with Crippen LogP contribution < -0.4 is 0 Å². The number of hydrazone groups is 1. The van der Waals surface area contributed by atoms with Crippen molar-refractivity contribution in [3.8, 4) is 0 Å². The molecule has 0 radical (unpaired) electrons. The molecule has 1 aromatic rings. The number of benzene rings is 1. The van der Waals surface area contributed by atoms with Crippen LogP contribution in [0.25, 0.3) is 0 Å². The van der Waals surface area contributed by atoms with Crippen LogP contribution in [0.4, 0.5) is 4.79 Å². The second-order valence-electron chi connectivity index (χ2n) is 5.00. The topological polar surface area (TPSA) is 51.1 Å². The van der Waals surface area contributed by atoms with E-state index < -0.39 is 12.3 Å². The van der Waals surface area contributed by atoms with Crippen LogP contribution in [0, 0.1) is 5.92 Å². The number of carbonyl (C=O) groups is 1. The van der Waals surface area contributed by atoms with Gasteiger partial charge in [-0.15, -0.1) is 11.6 Å². The number of rotatable bonds is 4. The van der Waals surface area contributed by atoms with Gasteiger partial charge in [0.05, 0.1) is 17.7 Å². The Hall–Kier alpha value is -1.59. The van der Waals surface area contributed by atoms with Crippen LogP contribution in [-0.4, -0.2) is 41.6 Å². The minimum absolute atomic E-state index is 0.112. The lowest BCUT2D eigenvalue weighted by Crippen LogP contribution is -2.51. The molecule has 0 unspecified atom stereocenters. The summed E-state index contributed by atoms with van der Waals surface area (Å²) in [5.74, 6) is -0.112. The van der Waals surface area contributed by atoms with Gasteiger partial charge in [-0.25, -0.2) is 4.79 Å². The molecule has 2 rings (SSSR count). The van der Waals surface area contributed by atoms with E-state index in [0.29, 0.717) is 12.3 Å². The Morgan fingerprint density at radius 1 is 1.27 bits per heavy atom. The third kappa shape index (κ3) is 3.42. The van der Waals surface area contributed by atoms with Crippen molar-refractivity contribution in [3.63, 3.8) is 0 Å². The van der Waals surface area contributed by atoms with E-state index in [1.807, 2.05) is 44.2 Å². The highest BCUT2D eigenvalue weighted by atomic mass is 35.5. The molecule has 0 N–H and O–H groups in total. The van der Waals surface area contributed by atoms with E-state index in [1.54, 1.807) is 6.92 Å². The molecular formula is C16H21ClN2O3. The zero-order valence-electron chi connectivity index (χ0n) is 13.0. The highest BCUT2D eigenvalue weighted by Gasteiger charge is 2.41. The van der Waals surface area contributed by atoms with Gasteiger partial charge in [0, 0.05) is 12.5 Å². The standard InChI is InChI=1S/C16H21ClN2O3/c1-4-21-15-11(3)13(17)14(12-9-7-6-8-10-12)18-19(15)16(20)22-5-2/h6-11,13,15H,4-5H2,1-3H3/t11-,13+,15+/m1/s1. The van der Waals surface area contributed by atoms with Gasteiger partial charge in [-0.05, 0) is 19.4 Å². The fraction of sp³-hybridized carbons (Fsp3) is 0.500. The van der Waals surface area contributed by atoms with Crippen molar-refractivity contribution in [2.24, 2.45) is 11.0 Å². The van der Waals surface area contributed by atoms with Crippen molar-refractivity contribution in [1.82, 2.24) is 5.01 Å². The first kappa shape index (κ1) is 16.8. The molecule has 6 heteroatoms. The molecule has 22 heavy (non-hydrogen) atoms. The van der Waals surface area contributed by atoms with E-state index in [0.717, 1.165) is 5.56 Å². The van der Waals surface area contributed by atoms with Crippen molar-refractivity contribution in [3.05, 3.63) is 35.9 Å². The predicted octanol–water partition coefficient (Wildman–Crippen LogP) is 3.47. The fourth-order valence-corrected chi connectivity index (χ4v) is 2.69. The van der Waals surface area contributed by atoms with Crippen molar-refractivity contribution in [1.29, 1.82) is 0 Å². The van der Waals surface area contributed by atoms with E-state index in [-0.39, 0.29) is 17.9 Å². The summed E-state index contributed by atoms with van der Waals surface area (Å²) >= 11 is 6.56. The third-order valence-electron chi connectivity index (χ3n) is 3.49. The molecule has 5 nitrogen and oxygen atoms in total. The summed E-state index contributed by atoms with van der Waals surface area (Å²) in [6.45, 7) is 6.32. The summed E-state index contributed by atoms with van der Waals surface area (Å²) in [4.78, 5) is 12.2. The number of hydrogen-bond donors (Lipinski definition) is 0. The molecule has 0 bridgehead atoms. The van der Waals surface area contributed by atoms with Gasteiger partial charge < -0.3 is 9.47 Å². The molecule has 3 atom stereocenters. The van der Waals surface area contributed by atoms with Gasteiger partial charge in [0.25, 0.3) is 0 Å². The summed E-state index contributed by atoms with van der Waals surface area (Å²) in [7, 11) is 0. The summed E-state index contributed by atoms with van der Waals surface area (Å²) in [6, 6.07) is 9.59. The van der Waals surface area contributed by atoms with Crippen LogP contribution in [0.2, 0.25) is 0 Å². The van der Waals surface area contributed by atoms with Gasteiger partial charge in [-0.1, -0.05) is 37.3 Å². The van der Waals surface area contributed by atoms with Crippen LogP contribution in [0.1, 0.15) is 26.3 Å². The SMILES string of the molecule is CCOC(=O)N1N=C(c2ccccc2)[C@@H](Cl)[C@@H](C)[C@@H]1OCC. The Bertz CT molecular complexity index is 535. The third-order valence-corrected chi connectivity index (χ3v) is 4.10. The maximum Gasteiger partial charge on any atom is 0.432 e. The first-order valence-electron chi connectivity index (χ1n) is 7.45. The van der Waals surface area contributed by atoms with Crippen molar-refractivity contribution in [2.75, 3.05) is 13.2 Å². The monoisotopic (exact) mass is 324 g/mol. The number of carbonyl (C=O) groups excluding carboxylic acids is 1. The van der Waals surface area contributed by atoms with Crippen molar-refractivity contribution in [2.45, 2.75) is 32.4 Å². The molecular weight excluding hydrogens is 304 g/mol. The average Bonchev–Trinajstić information content (AvgIpc) is 2.53. The van der Waals surface area contributed by atoms with Gasteiger partial charge in [0.2, 0.25) is 0 Å². The normalized spacial score (nSPS) is 24.8. The molecule has 1 aliphatic rings.